The van der Waals surface area contributed by atoms with Gasteiger partial charge in [-0.1, -0.05) is 55.0 Å². The van der Waals surface area contributed by atoms with Crippen molar-refractivity contribution in [3.8, 4) is 5.75 Å². The van der Waals surface area contributed by atoms with Crippen molar-refractivity contribution in [3.63, 3.8) is 0 Å². The van der Waals surface area contributed by atoms with Gasteiger partial charge in [-0.15, -0.1) is 11.3 Å². The molecule has 4 aromatic rings. The molecule has 0 spiro atoms. The third-order valence-corrected chi connectivity index (χ3v) is 6.82. The van der Waals surface area contributed by atoms with Crippen LogP contribution in [0.3, 0.4) is 0 Å². The van der Waals surface area contributed by atoms with Crippen LogP contribution in [0.25, 0.3) is 22.4 Å². The summed E-state index contributed by atoms with van der Waals surface area (Å²) in [5.74, 6) is 1.40. The molecule has 1 aliphatic rings. The van der Waals surface area contributed by atoms with Gasteiger partial charge in [-0.2, -0.15) is 0 Å². The second kappa shape index (κ2) is 8.90. The highest BCUT2D eigenvalue weighted by Gasteiger charge is 2.18. The minimum Gasteiger partial charge on any atom is -0.489 e. The Bertz CT molecular complexity index is 1290. The van der Waals surface area contributed by atoms with Crippen LogP contribution in [-0.4, -0.2) is 9.97 Å². The van der Waals surface area contributed by atoms with Gasteiger partial charge in [0.15, 0.2) is 0 Å². The molecule has 0 amide bonds. The minimum absolute atomic E-state index is 0.0241. The van der Waals surface area contributed by atoms with E-state index in [-0.39, 0.29) is 5.56 Å². The fourth-order valence-electron chi connectivity index (χ4n) is 4.06. The number of H-pyrrole nitrogens is 1. The summed E-state index contributed by atoms with van der Waals surface area (Å²) in [4.78, 5) is 22.7. The maximum atomic E-state index is 12.8. The van der Waals surface area contributed by atoms with Gasteiger partial charge in [0.2, 0.25) is 0 Å². The van der Waals surface area contributed by atoms with E-state index in [1.54, 1.807) is 11.3 Å². The van der Waals surface area contributed by atoms with Crippen LogP contribution in [0.2, 0.25) is 0 Å². The minimum atomic E-state index is -0.0241. The Morgan fingerprint density at radius 3 is 2.77 bits per heavy atom. The smallest absolute Gasteiger partial charge is 0.260 e. The van der Waals surface area contributed by atoms with Gasteiger partial charge in [0, 0.05) is 4.88 Å². The molecule has 1 N–H and O–H groups in total. The number of nitrogens with zero attached hydrogens (tertiary/aromatic N) is 1. The summed E-state index contributed by atoms with van der Waals surface area (Å²) in [6, 6.07) is 18.0. The number of benzene rings is 2. The fourth-order valence-corrected chi connectivity index (χ4v) is 5.33. The molecule has 5 heteroatoms. The highest BCUT2D eigenvalue weighted by atomic mass is 32.1. The lowest BCUT2D eigenvalue weighted by Gasteiger charge is -2.07. The van der Waals surface area contributed by atoms with Crippen LogP contribution in [0.15, 0.2) is 59.4 Å². The zero-order valence-corrected chi connectivity index (χ0v) is 18.1. The molecular formula is C26H24N2O2S. The monoisotopic (exact) mass is 428 g/mol. The Labute approximate surface area is 185 Å². The molecule has 2 heterocycles. The van der Waals surface area contributed by atoms with E-state index in [4.69, 9.17) is 9.72 Å². The Morgan fingerprint density at radius 1 is 1.00 bits per heavy atom. The first-order valence-electron chi connectivity index (χ1n) is 10.8. The third kappa shape index (κ3) is 4.47. The highest BCUT2D eigenvalue weighted by Crippen LogP contribution is 2.32. The van der Waals surface area contributed by atoms with Gasteiger partial charge in [0.25, 0.3) is 5.56 Å². The molecule has 0 saturated heterocycles. The first-order valence-corrected chi connectivity index (χ1v) is 11.6. The number of fused-ring (bicyclic) bond motifs is 3. The van der Waals surface area contributed by atoms with Crippen LogP contribution in [0.4, 0.5) is 0 Å². The van der Waals surface area contributed by atoms with Crippen molar-refractivity contribution in [2.75, 3.05) is 0 Å². The number of ether oxygens (including phenoxy) is 1. The number of nitrogens with one attached hydrogen (secondary N) is 1. The predicted octanol–water partition coefficient (Wildman–Crippen LogP) is 6.00. The molecule has 1 aliphatic carbocycles. The normalized spacial score (nSPS) is 13.9. The fraction of sp³-hybridized carbons (Fsp3) is 0.231. The van der Waals surface area contributed by atoms with Crippen molar-refractivity contribution in [2.24, 2.45) is 0 Å². The number of thiophene rings is 1. The Balaban J connectivity index is 1.36. The summed E-state index contributed by atoms with van der Waals surface area (Å²) >= 11 is 1.69. The third-order valence-electron chi connectivity index (χ3n) is 5.63. The standard InChI is InChI=1S/C26H24N2O2S/c29-25-24-21-12-5-2-6-13-22(21)31-26(24)28-23(27-25)15-14-18-10-7-11-20(16-18)30-17-19-8-3-1-4-9-19/h1,3-4,7-11,14-16H,2,5-6,12-13,17H2,(H,27,28,29)/b15-14+. The van der Waals surface area contributed by atoms with E-state index in [0.29, 0.717) is 12.4 Å². The second-order valence-electron chi connectivity index (χ2n) is 7.88. The molecule has 0 aliphatic heterocycles. The Hall–Kier alpha value is -3.18. The van der Waals surface area contributed by atoms with Crippen LogP contribution in [0.5, 0.6) is 5.75 Å². The van der Waals surface area contributed by atoms with Gasteiger partial charge < -0.3 is 9.72 Å². The van der Waals surface area contributed by atoms with Crippen LogP contribution >= 0.6 is 11.3 Å². The van der Waals surface area contributed by atoms with E-state index in [2.05, 4.69) is 4.98 Å². The molecule has 2 aromatic carbocycles. The number of aryl methyl sites for hydroxylation is 2. The number of hydrogen-bond donors (Lipinski definition) is 1. The first-order chi connectivity index (χ1) is 15.3. The summed E-state index contributed by atoms with van der Waals surface area (Å²) < 4.78 is 5.91. The maximum absolute atomic E-state index is 12.8. The topological polar surface area (TPSA) is 55.0 Å². The van der Waals surface area contributed by atoms with Crippen molar-refractivity contribution >= 4 is 33.7 Å². The number of rotatable bonds is 5. The largest absolute Gasteiger partial charge is 0.489 e. The molecule has 2 aromatic heterocycles. The van der Waals surface area contributed by atoms with Crippen molar-refractivity contribution in [2.45, 2.75) is 38.7 Å². The molecule has 0 bridgehead atoms. The van der Waals surface area contributed by atoms with Crippen LogP contribution in [-0.2, 0) is 19.4 Å². The van der Waals surface area contributed by atoms with Gasteiger partial charge in [-0.25, -0.2) is 4.98 Å². The van der Waals surface area contributed by atoms with E-state index in [9.17, 15) is 4.79 Å². The lowest BCUT2D eigenvalue weighted by Crippen LogP contribution is -2.10. The van der Waals surface area contributed by atoms with Crippen molar-refractivity contribution in [3.05, 3.63) is 92.3 Å². The lowest BCUT2D eigenvalue weighted by atomic mass is 10.1. The summed E-state index contributed by atoms with van der Waals surface area (Å²) in [6.45, 7) is 0.530. The van der Waals surface area contributed by atoms with Gasteiger partial charge in [-0.05, 0) is 60.6 Å². The van der Waals surface area contributed by atoms with Gasteiger partial charge >= 0.3 is 0 Å². The number of aromatic nitrogens is 2. The molecule has 0 radical (unpaired) electrons. The SMILES string of the molecule is O=c1[nH]c(/C=C/c2cccc(OCc3ccccc3)c2)nc2sc3c(c12)CCCCC3. The Kier molecular flexibility index (Phi) is 5.67. The van der Waals surface area contributed by atoms with E-state index < -0.39 is 0 Å². The molecule has 5 rings (SSSR count). The Morgan fingerprint density at radius 2 is 1.87 bits per heavy atom. The lowest BCUT2D eigenvalue weighted by molar-refractivity contribution is 0.306. The summed E-state index contributed by atoms with van der Waals surface area (Å²) in [7, 11) is 0. The zero-order valence-electron chi connectivity index (χ0n) is 17.3. The van der Waals surface area contributed by atoms with E-state index in [0.717, 1.165) is 46.4 Å². The average Bonchev–Trinajstić information content (AvgIpc) is 2.99. The molecule has 0 fully saturated rings. The van der Waals surface area contributed by atoms with Crippen LogP contribution in [0, 0.1) is 0 Å². The van der Waals surface area contributed by atoms with Crippen LogP contribution < -0.4 is 10.3 Å². The van der Waals surface area contributed by atoms with E-state index >= 15 is 0 Å². The summed E-state index contributed by atoms with van der Waals surface area (Å²) in [5, 5.41) is 0.801. The highest BCUT2D eigenvalue weighted by molar-refractivity contribution is 7.18. The number of hydrogen-bond acceptors (Lipinski definition) is 4. The first kappa shape index (κ1) is 19.8. The van der Waals surface area contributed by atoms with E-state index in [1.165, 1.54) is 23.3 Å². The quantitative estimate of drug-likeness (QED) is 0.397. The maximum Gasteiger partial charge on any atom is 0.260 e. The van der Waals surface area contributed by atoms with Crippen LogP contribution in [0.1, 0.15) is 46.7 Å². The molecule has 156 valence electrons. The molecular weight excluding hydrogens is 404 g/mol. The molecule has 0 unspecified atom stereocenters. The second-order valence-corrected chi connectivity index (χ2v) is 8.96. The molecule has 0 saturated carbocycles. The molecule has 4 nitrogen and oxygen atoms in total. The van der Waals surface area contributed by atoms with E-state index in [1.807, 2.05) is 66.7 Å². The zero-order chi connectivity index (χ0) is 21.0. The summed E-state index contributed by atoms with van der Waals surface area (Å²) in [5.41, 5.74) is 3.33. The van der Waals surface area contributed by atoms with Gasteiger partial charge in [-0.3, -0.25) is 4.79 Å². The van der Waals surface area contributed by atoms with Crippen molar-refractivity contribution in [1.29, 1.82) is 0 Å². The van der Waals surface area contributed by atoms with Crippen molar-refractivity contribution in [1.82, 2.24) is 9.97 Å². The average molecular weight is 429 g/mol. The summed E-state index contributed by atoms with van der Waals surface area (Å²) in [6.07, 6.45) is 9.47. The number of aromatic amines is 1. The molecule has 31 heavy (non-hydrogen) atoms. The molecule has 0 atom stereocenters. The predicted molar refractivity (Wildman–Crippen MR) is 128 cm³/mol. The van der Waals surface area contributed by atoms with Gasteiger partial charge in [0.05, 0.1) is 5.39 Å². The van der Waals surface area contributed by atoms with Gasteiger partial charge in [0.1, 0.15) is 23.0 Å². The van der Waals surface area contributed by atoms with Crippen molar-refractivity contribution < 1.29 is 4.74 Å².